The van der Waals surface area contributed by atoms with Gasteiger partial charge in [0.1, 0.15) is 6.54 Å². The van der Waals surface area contributed by atoms with E-state index in [2.05, 4.69) is 5.32 Å². The van der Waals surface area contributed by atoms with Crippen molar-refractivity contribution in [2.24, 2.45) is 23.2 Å². The zero-order chi connectivity index (χ0) is 21.5. The first-order valence-electron chi connectivity index (χ1n) is 11.1. The predicted octanol–water partition coefficient (Wildman–Crippen LogP) is 0.898. The van der Waals surface area contributed by atoms with E-state index in [0.717, 1.165) is 19.3 Å². The molecule has 1 N–H and O–H groups in total. The van der Waals surface area contributed by atoms with E-state index in [0.29, 0.717) is 30.7 Å². The average Bonchev–Trinajstić information content (AvgIpc) is 3.03. The van der Waals surface area contributed by atoms with Crippen molar-refractivity contribution < 1.29 is 27.5 Å². The molecule has 4 aliphatic carbocycles. The highest BCUT2D eigenvalue weighted by Gasteiger charge is 2.54. The zero-order valence-corrected chi connectivity index (χ0v) is 18.4. The second-order valence-corrected chi connectivity index (χ2v) is 12.0. The third-order valence-corrected chi connectivity index (χ3v) is 9.33. The molecule has 0 aromatic rings. The number of esters is 1. The van der Waals surface area contributed by atoms with Crippen molar-refractivity contribution in [2.45, 2.75) is 57.9 Å². The Morgan fingerprint density at radius 3 is 2.17 bits per heavy atom. The minimum atomic E-state index is -3.10. The number of hydrogen-bond acceptors (Lipinski definition) is 6. The number of sulfone groups is 1. The third-order valence-electron chi connectivity index (χ3n) is 7.58. The summed E-state index contributed by atoms with van der Waals surface area (Å²) in [5.41, 5.74) is -0.322. The standard InChI is InChI=1S/C21H32N2O6S/c1-2-23(17-3-4-30(27,28)13-17)18(24)12-29-19(25)11-22-20(26)21-8-14-5-15(9-21)7-16(6-14)10-21/h14-17H,2-13H2,1H3,(H,22,26)/t14?,15?,16?,17-,21?/m1/s1. The van der Waals surface area contributed by atoms with Crippen molar-refractivity contribution in [3.8, 4) is 0 Å². The van der Waals surface area contributed by atoms with Gasteiger partial charge in [0.25, 0.3) is 5.91 Å². The van der Waals surface area contributed by atoms with E-state index >= 15 is 0 Å². The largest absolute Gasteiger partial charge is 0.454 e. The quantitative estimate of drug-likeness (QED) is 0.589. The molecule has 5 fully saturated rings. The summed E-state index contributed by atoms with van der Waals surface area (Å²) in [6.45, 7) is 1.46. The molecule has 0 aromatic heterocycles. The van der Waals surface area contributed by atoms with Crippen LogP contribution in [-0.4, -0.2) is 68.3 Å². The first-order valence-corrected chi connectivity index (χ1v) is 13.0. The summed E-state index contributed by atoms with van der Waals surface area (Å²) in [4.78, 5) is 38.9. The van der Waals surface area contributed by atoms with Gasteiger partial charge in [-0.15, -0.1) is 0 Å². The first-order chi connectivity index (χ1) is 14.2. The molecule has 0 unspecified atom stereocenters. The molecule has 1 atom stereocenters. The molecule has 9 heteroatoms. The number of rotatable bonds is 7. The van der Waals surface area contributed by atoms with E-state index in [9.17, 15) is 22.8 Å². The van der Waals surface area contributed by atoms with E-state index in [1.165, 1.54) is 24.2 Å². The lowest BCUT2D eigenvalue weighted by molar-refractivity contribution is -0.154. The molecule has 2 amide bonds. The monoisotopic (exact) mass is 440 g/mol. The van der Waals surface area contributed by atoms with Crippen molar-refractivity contribution in [1.29, 1.82) is 0 Å². The van der Waals surface area contributed by atoms with Gasteiger partial charge >= 0.3 is 5.97 Å². The van der Waals surface area contributed by atoms with Crippen LogP contribution >= 0.6 is 0 Å². The third kappa shape index (κ3) is 4.36. The SMILES string of the molecule is CCN(C(=O)COC(=O)CNC(=O)C12CC3CC(CC(C3)C1)C2)[C@@H]1CCS(=O)(=O)C1. The fourth-order valence-electron chi connectivity index (χ4n) is 6.66. The fourth-order valence-corrected chi connectivity index (χ4v) is 8.39. The second kappa shape index (κ2) is 8.13. The molecule has 4 saturated carbocycles. The number of nitrogens with one attached hydrogen (secondary N) is 1. The van der Waals surface area contributed by atoms with E-state index in [4.69, 9.17) is 4.74 Å². The smallest absolute Gasteiger partial charge is 0.325 e. The van der Waals surface area contributed by atoms with Crippen molar-refractivity contribution in [2.75, 3.05) is 31.2 Å². The number of ether oxygens (including phenoxy) is 1. The molecule has 0 spiro atoms. The van der Waals surface area contributed by atoms with Crippen LogP contribution in [0.4, 0.5) is 0 Å². The molecule has 4 bridgehead atoms. The molecular formula is C21H32N2O6S. The molecule has 1 aliphatic heterocycles. The minimum absolute atomic E-state index is 0.0400. The van der Waals surface area contributed by atoms with Crippen molar-refractivity contribution in [1.82, 2.24) is 10.2 Å². The van der Waals surface area contributed by atoms with Crippen molar-refractivity contribution in [3.05, 3.63) is 0 Å². The van der Waals surface area contributed by atoms with E-state index < -0.39 is 28.3 Å². The lowest BCUT2D eigenvalue weighted by Crippen LogP contribution is -2.54. The summed E-state index contributed by atoms with van der Waals surface area (Å²) in [7, 11) is -3.10. The van der Waals surface area contributed by atoms with Crippen LogP contribution in [0.1, 0.15) is 51.9 Å². The van der Waals surface area contributed by atoms with Gasteiger partial charge in [-0.3, -0.25) is 14.4 Å². The van der Waals surface area contributed by atoms with Gasteiger partial charge in [0.05, 0.1) is 11.5 Å². The Bertz CT molecular complexity index is 788. The summed E-state index contributed by atoms with van der Waals surface area (Å²) in [6.07, 6.45) is 6.92. The van der Waals surface area contributed by atoms with Crippen molar-refractivity contribution in [3.63, 3.8) is 0 Å². The lowest BCUT2D eigenvalue weighted by Gasteiger charge is -2.55. The van der Waals surface area contributed by atoms with Crippen LogP contribution in [0.5, 0.6) is 0 Å². The molecule has 0 radical (unpaired) electrons. The Hall–Kier alpha value is -1.64. The molecule has 5 aliphatic rings. The Morgan fingerprint density at radius 1 is 1.07 bits per heavy atom. The number of nitrogens with zero attached hydrogens (tertiary/aromatic N) is 1. The Morgan fingerprint density at radius 2 is 1.67 bits per heavy atom. The van der Waals surface area contributed by atoms with Gasteiger partial charge in [0.2, 0.25) is 5.91 Å². The van der Waals surface area contributed by atoms with Crippen LogP contribution < -0.4 is 5.32 Å². The Labute approximate surface area is 178 Å². The van der Waals surface area contributed by atoms with Gasteiger partial charge in [-0.05, 0) is 69.6 Å². The number of carbonyl (C=O) groups excluding carboxylic acids is 3. The highest BCUT2D eigenvalue weighted by molar-refractivity contribution is 7.91. The topological polar surface area (TPSA) is 110 Å². The maximum atomic E-state index is 12.9. The summed E-state index contributed by atoms with van der Waals surface area (Å²) in [5, 5.41) is 2.75. The number of likely N-dealkylation sites (N-methyl/N-ethyl adjacent to an activating group) is 1. The molecule has 5 rings (SSSR count). The van der Waals surface area contributed by atoms with Crippen LogP contribution in [-0.2, 0) is 29.0 Å². The lowest BCUT2D eigenvalue weighted by atomic mass is 9.49. The minimum Gasteiger partial charge on any atom is -0.454 e. The summed E-state index contributed by atoms with van der Waals surface area (Å²) < 4.78 is 28.4. The van der Waals surface area contributed by atoms with Gasteiger partial charge in [-0.1, -0.05) is 0 Å². The first kappa shape index (κ1) is 21.6. The van der Waals surface area contributed by atoms with E-state index in [1.54, 1.807) is 6.92 Å². The van der Waals surface area contributed by atoms with Gasteiger partial charge in [0, 0.05) is 18.0 Å². The molecule has 30 heavy (non-hydrogen) atoms. The molecule has 8 nitrogen and oxygen atoms in total. The van der Waals surface area contributed by atoms with E-state index in [-0.39, 0.29) is 35.4 Å². The summed E-state index contributed by atoms with van der Waals surface area (Å²) >= 11 is 0. The van der Waals surface area contributed by atoms with Gasteiger partial charge in [-0.2, -0.15) is 0 Å². The molecule has 1 heterocycles. The van der Waals surface area contributed by atoms with E-state index in [1.807, 2.05) is 0 Å². The second-order valence-electron chi connectivity index (χ2n) is 9.78. The molecular weight excluding hydrogens is 408 g/mol. The highest BCUT2D eigenvalue weighted by atomic mass is 32.2. The summed E-state index contributed by atoms with van der Waals surface area (Å²) in [6, 6.07) is -0.359. The number of carbonyl (C=O) groups is 3. The van der Waals surface area contributed by atoms with Gasteiger partial charge < -0.3 is 15.0 Å². The summed E-state index contributed by atoms with van der Waals surface area (Å²) in [5.74, 6) is 0.885. The maximum Gasteiger partial charge on any atom is 0.325 e. The van der Waals surface area contributed by atoms with Crippen LogP contribution in [0.15, 0.2) is 0 Å². The number of amides is 2. The van der Waals surface area contributed by atoms with Crippen LogP contribution in [0.3, 0.4) is 0 Å². The molecule has 0 aromatic carbocycles. The van der Waals surface area contributed by atoms with Crippen LogP contribution in [0.2, 0.25) is 0 Å². The zero-order valence-electron chi connectivity index (χ0n) is 17.6. The normalized spacial score (nSPS) is 35.8. The van der Waals surface area contributed by atoms with Crippen molar-refractivity contribution >= 4 is 27.6 Å². The van der Waals surface area contributed by atoms with Gasteiger partial charge in [-0.25, -0.2) is 8.42 Å². The molecule has 168 valence electrons. The highest BCUT2D eigenvalue weighted by Crippen LogP contribution is 2.60. The van der Waals surface area contributed by atoms with Gasteiger partial charge in [0.15, 0.2) is 16.4 Å². The average molecular weight is 441 g/mol. The number of hydrogen-bond donors (Lipinski definition) is 1. The van der Waals surface area contributed by atoms with Crippen LogP contribution in [0, 0.1) is 23.2 Å². The predicted molar refractivity (Wildman–Crippen MR) is 109 cm³/mol. The maximum absolute atomic E-state index is 12.9. The Kier molecular flexibility index (Phi) is 5.85. The molecule has 1 saturated heterocycles. The fraction of sp³-hybridized carbons (Fsp3) is 0.857. The Balaban J connectivity index is 1.23. The van der Waals surface area contributed by atoms with Crippen LogP contribution in [0.25, 0.3) is 0 Å².